The number of carbonyl (C=O) groups excluding carboxylic acids is 1. The maximum absolute atomic E-state index is 13.1. The van der Waals surface area contributed by atoms with Crippen LogP contribution < -0.4 is 10.6 Å². The van der Waals surface area contributed by atoms with Gasteiger partial charge in [-0.15, -0.1) is 0 Å². The topological polar surface area (TPSA) is 71.8 Å². The van der Waals surface area contributed by atoms with E-state index in [0.717, 1.165) is 43.0 Å². The van der Waals surface area contributed by atoms with E-state index in [1.165, 1.54) is 18.2 Å². The van der Waals surface area contributed by atoms with Crippen molar-refractivity contribution in [1.29, 1.82) is 0 Å². The Morgan fingerprint density at radius 2 is 1.81 bits per heavy atom. The zero-order chi connectivity index (χ0) is 21.8. The Labute approximate surface area is 177 Å². The number of para-hydroxylation sites is 1. The van der Waals surface area contributed by atoms with E-state index in [9.17, 15) is 18.0 Å². The average Bonchev–Trinajstić information content (AvgIpc) is 3.42. The summed E-state index contributed by atoms with van der Waals surface area (Å²) in [5, 5.41) is 9.56. The maximum Gasteiger partial charge on any atom is 0.418 e. The molecule has 2 amide bonds. The highest BCUT2D eigenvalue weighted by Gasteiger charge is 2.33. The number of alkyl halides is 3. The van der Waals surface area contributed by atoms with Crippen LogP contribution in [0.5, 0.6) is 0 Å². The molecule has 0 atom stereocenters. The zero-order valence-corrected chi connectivity index (χ0v) is 16.7. The number of nitrogens with zero attached hydrogens (tertiary/aromatic N) is 3. The molecule has 0 radical (unpaired) electrons. The minimum atomic E-state index is -4.55. The Morgan fingerprint density at radius 3 is 2.52 bits per heavy atom. The number of aromatic nitrogens is 3. The summed E-state index contributed by atoms with van der Waals surface area (Å²) in [4.78, 5) is 16.3. The summed E-state index contributed by atoms with van der Waals surface area (Å²) >= 11 is 0. The standard InChI is InChI=1S/C22H22F3N5O/c23-22(24,25)18-7-3-4-8-19(18)28-21(31)27-14-16-13-20(15-9-11-26-12-10-15)30(29-16)17-5-1-2-6-17/h3-4,7-13,17H,1-2,5-6,14H2,(H2,27,28,31). The minimum absolute atomic E-state index is 0.0951. The third-order valence-electron chi connectivity index (χ3n) is 5.34. The molecule has 1 aliphatic carbocycles. The van der Waals surface area contributed by atoms with E-state index in [0.29, 0.717) is 11.7 Å². The average molecular weight is 429 g/mol. The Hall–Kier alpha value is -3.36. The van der Waals surface area contributed by atoms with E-state index >= 15 is 0 Å². The number of pyridine rings is 1. The van der Waals surface area contributed by atoms with Crippen LogP contribution in [0.25, 0.3) is 11.3 Å². The first-order valence-corrected chi connectivity index (χ1v) is 10.1. The van der Waals surface area contributed by atoms with Gasteiger partial charge in [0.25, 0.3) is 0 Å². The largest absolute Gasteiger partial charge is 0.418 e. The van der Waals surface area contributed by atoms with E-state index in [1.54, 1.807) is 12.4 Å². The van der Waals surface area contributed by atoms with Crippen molar-refractivity contribution in [2.75, 3.05) is 5.32 Å². The van der Waals surface area contributed by atoms with Crippen LogP contribution in [0.1, 0.15) is 43.0 Å². The monoisotopic (exact) mass is 429 g/mol. The smallest absolute Gasteiger partial charge is 0.332 e. The molecule has 9 heteroatoms. The second-order valence-electron chi connectivity index (χ2n) is 7.49. The molecule has 2 aromatic heterocycles. The van der Waals surface area contributed by atoms with Crippen LogP contribution in [0.4, 0.5) is 23.7 Å². The van der Waals surface area contributed by atoms with Crippen molar-refractivity contribution in [1.82, 2.24) is 20.1 Å². The van der Waals surface area contributed by atoms with Crippen LogP contribution >= 0.6 is 0 Å². The number of hydrogen-bond acceptors (Lipinski definition) is 3. The van der Waals surface area contributed by atoms with Crippen LogP contribution in [-0.4, -0.2) is 20.8 Å². The molecule has 0 aliphatic heterocycles. The Balaban J connectivity index is 1.48. The van der Waals surface area contributed by atoms with Crippen LogP contribution in [0, 0.1) is 0 Å². The van der Waals surface area contributed by atoms with Gasteiger partial charge >= 0.3 is 12.2 Å². The van der Waals surface area contributed by atoms with E-state index in [1.807, 2.05) is 22.9 Å². The normalized spacial score (nSPS) is 14.5. The lowest BCUT2D eigenvalue weighted by Gasteiger charge is -2.14. The fraction of sp³-hybridized carbons (Fsp3) is 0.318. The minimum Gasteiger partial charge on any atom is -0.332 e. The highest BCUT2D eigenvalue weighted by molar-refractivity contribution is 5.90. The van der Waals surface area contributed by atoms with Crippen molar-refractivity contribution in [3.8, 4) is 11.3 Å². The molecule has 0 bridgehead atoms. The van der Waals surface area contributed by atoms with Crippen molar-refractivity contribution in [2.24, 2.45) is 0 Å². The number of carbonyl (C=O) groups is 1. The predicted molar refractivity (Wildman–Crippen MR) is 110 cm³/mol. The predicted octanol–water partition coefficient (Wildman–Crippen LogP) is 5.40. The quantitative estimate of drug-likeness (QED) is 0.570. The molecule has 1 fully saturated rings. The lowest BCUT2D eigenvalue weighted by atomic mass is 10.1. The summed E-state index contributed by atoms with van der Waals surface area (Å²) in [5.74, 6) is 0. The fourth-order valence-electron chi connectivity index (χ4n) is 3.87. The van der Waals surface area contributed by atoms with Crippen molar-refractivity contribution in [3.63, 3.8) is 0 Å². The summed E-state index contributed by atoms with van der Waals surface area (Å²) in [5.41, 5.74) is 1.37. The number of urea groups is 1. The molecule has 31 heavy (non-hydrogen) atoms. The van der Waals surface area contributed by atoms with Gasteiger partial charge in [-0.3, -0.25) is 9.67 Å². The van der Waals surface area contributed by atoms with E-state index in [-0.39, 0.29) is 12.2 Å². The molecular formula is C22H22F3N5O. The van der Waals surface area contributed by atoms with Crippen LogP contribution in [-0.2, 0) is 12.7 Å². The molecule has 4 rings (SSSR count). The third-order valence-corrected chi connectivity index (χ3v) is 5.34. The molecule has 1 aliphatic rings. The van der Waals surface area contributed by atoms with Crippen LogP contribution in [0.15, 0.2) is 54.9 Å². The van der Waals surface area contributed by atoms with Gasteiger partial charge in [0.1, 0.15) is 0 Å². The summed E-state index contributed by atoms with van der Waals surface area (Å²) < 4.78 is 41.3. The molecule has 0 unspecified atom stereocenters. The summed E-state index contributed by atoms with van der Waals surface area (Å²) in [7, 11) is 0. The van der Waals surface area contributed by atoms with Gasteiger partial charge in [-0.25, -0.2) is 4.79 Å². The maximum atomic E-state index is 13.1. The first-order valence-electron chi connectivity index (χ1n) is 10.1. The van der Waals surface area contributed by atoms with Crippen LogP contribution in [0.3, 0.4) is 0 Å². The van der Waals surface area contributed by atoms with Crippen LogP contribution in [0.2, 0.25) is 0 Å². The van der Waals surface area contributed by atoms with E-state index in [2.05, 4.69) is 20.7 Å². The van der Waals surface area contributed by atoms with Gasteiger partial charge in [0.05, 0.1) is 35.2 Å². The molecule has 2 heterocycles. The SMILES string of the molecule is O=C(NCc1cc(-c2ccncc2)n(C2CCCC2)n1)Nc1ccccc1C(F)(F)F. The van der Waals surface area contributed by atoms with Gasteiger partial charge in [0, 0.05) is 18.0 Å². The molecule has 2 N–H and O–H groups in total. The second kappa shape index (κ2) is 8.79. The number of rotatable bonds is 5. The second-order valence-corrected chi connectivity index (χ2v) is 7.49. The first kappa shape index (κ1) is 20.9. The Morgan fingerprint density at radius 1 is 1.10 bits per heavy atom. The number of nitrogens with one attached hydrogen (secondary N) is 2. The summed E-state index contributed by atoms with van der Waals surface area (Å²) in [6, 6.07) is 10.1. The fourth-order valence-corrected chi connectivity index (χ4v) is 3.87. The van der Waals surface area contributed by atoms with E-state index in [4.69, 9.17) is 0 Å². The number of amides is 2. The van der Waals surface area contributed by atoms with Gasteiger partial charge in [0.15, 0.2) is 0 Å². The van der Waals surface area contributed by atoms with Gasteiger partial charge in [0.2, 0.25) is 0 Å². The lowest BCUT2D eigenvalue weighted by molar-refractivity contribution is -0.136. The molecule has 3 aromatic rings. The number of halogens is 3. The summed E-state index contributed by atoms with van der Waals surface area (Å²) in [6.07, 6.45) is 3.26. The zero-order valence-electron chi connectivity index (χ0n) is 16.7. The number of anilines is 1. The Bertz CT molecular complexity index is 1040. The van der Waals surface area contributed by atoms with Gasteiger partial charge in [-0.05, 0) is 43.2 Å². The number of benzene rings is 1. The molecular weight excluding hydrogens is 407 g/mol. The first-order chi connectivity index (χ1) is 14.9. The molecule has 162 valence electrons. The van der Waals surface area contributed by atoms with Gasteiger partial charge in [-0.2, -0.15) is 18.3 Å². The lowest BCUT2D eigenvalue weighted by Crippen LogP contribution is -2.29. The highest BCUT2D eigenvalue weighted by atomic mass is 19.4. The highest BCUT2D eigenvalue weighted by Crippen LogP contribution is 2.35. The van der Waals surface area contributed by atoms with Crippen molar-refractivity contribution in [2.45, 2.75) is 44.4 Å². The molecule has 6 nitrogen and oxygen atoms in total. The number of hydrogen-bond donors (Lipinski definition) is 2. The van der Waals surface area contributed by atoms with Gasteiger partial charge in [-0.1, -0.05) is 25.0 Å². The van der Waals surface area contributed by atoms with Crippen molar-refractivity contribution in [3.05, 3.63) is 66.1 Å². The van der Waals surface area contributed by atoms with E-state index < -0.39 is 17.8 Å². The van der Waals surface area contributed by atoms with Gasteiger partial charge < -0.3 is 10.6 Å². The molecule has 1 saturated carbocycles. The van der Waals surface area contributed by atoms with Crippen molar-refractivity contribution >= 4 is 11.7 Å². The molecule has 0 saturated heterocycles. The summed E-state index contributed by atoms with van der Waals surface area (Å²) in [6.45, 7) is 0.0951. The third kappa shape index (κ3) is 4.87. The Kier molecular flexibility index (Phi) is 5.92. The molecule has 1 aromatic carbocycles. The van der Waals surface area contributed by atoms with Crippen molar-refractivity contribution < 1.29 is 18.0 Å². The molecule has 0 spiro atoms.